The van der Waals surface area contributed by atoms with Gasteiger partial charge in [0.15, 0.2) is 11.5 Å². The number of β-amino-alcohol motifs (C(OH)–C–C–N with tert-alkyl or cyclic N) is 1. The highest BCUT2D eigenvalue weighted by Gasteiger charge is 2.24. The summed E-state index contributed by atoms with van der Waals surface area (Å²) in [7, 11) is 0. The van der Waals surface area contributed by atoms with E-state index in [0.29, 0.717) is 32.0 Å². The summed E-state index contributed by atoms with van der Waals surface area (Å²) < 4.78 is 0. The predicted octanol–water partition coefficient (Wildman–Crippen LogP) is -0.246. The molecule has 1 saturated heterocycles. The molecule has 2 aromatic rings. The monoisotopic (exact) mass is 299 g/mol. The highest BCUT2D eigenvalue weighted by Crippen LogP contribution is 2.17. The SMILES string of the molecule is N#Cc1nccnc1N1CCN(Cc2cnc[nH]2)CC(O)C1. The van der Waals surface area contributed by atoms with E-state index < -0.39 is 6.10 Å². The van der Waals surface area contributed by atoms with E-state index in [1.165, 1.54) is 6.20 Å². The highest BCUT2D eigenvalue weighted by molar-refractivity contribution is 5.49. The summed E-state index contributed by atoms with van der Waals surface area (Å²) in [5.41, 5.74) is 1.30. The van der Waals surface area contributed by atoms with Crippen molar-refractivity contribution in [2.45, 2.75) is 12.6 Å². The third-order valence-corrected chi connectivity index (χ3v) is 3.62. The highest BCUT2D eigenvalue weighted by atomic mass is 16.3. The first kappa shape index (κ1) is 14.4. The number of aromatic nitrogens is 4. The lowest BCUT2D eigenvalue weighted by molar-refractivity contribution is 0.128. The molecule has 2 N–H and O–H groups in total. The molecule has 0 aliphatic carbocycles. The number of imidazole rings is 1. The third-order valence-electron chi connectivity index (χ3n) is 3.62. The van der Waals surface area contributed by atoms with E-state index in [1.807, 2.05) is 4.90 Å². The molecular formula is C14H17N7O. The summed E-state index contributed by atoms with van der Waals surface area (Å²) in [6.45, 7) is 3.15. The van der Waals surface area contributed by atoms with Crippen molar-refractivity contribution in [3.63, 3.8) is 0 Å². The Labute approximate surface area is 128 Å². The van der Waals surface area contributed by atoms with Crippen LogP contribution in [-0.2, 0) is 6.54 Å². The van der Waals surface area contributed by atoms with Gasteiger partial charge in [-0.1, -0.05) is 0 Å². The second-order valence-corrected chi connectivity index (χ2v) is 5.25. The van der Waals surface area contributed by atoms with Crippen LogP contribution in [0.3, 0.4) is 0 Å². The quantitative estimate of drug-likeness (QED) is 0.805. The maximum Gasteiger partial charge on any atom is 0.183 e. The number of nitriles is 1. The number of aliphatic hydroxyl groups is 1. The molecule has 22 heavy (non-hydrogen) atoms. The zero-order valence-electron chi connectivity index (χ0n) is 12.1. The Balaban J connectivity index is 1.73. The fourth-order valence-corrected chi connectivity index (χ4v) is 2.64. The molecule has 8 nitrogen and oxygen atoms in total. The molecule has 0 bridgehead atoms. The maximum absolute atomic E-state index is 10.2. The van der Waals surface area contributed by atoms with Crippen molar-refractivity contribution in [3.05, 3.63) is 36.3 Å². The third kappa shape index (κ3) is 3.21. The molecule has 1 atom stereocenters. The zero-order valence-corrected chi connectivity index (χ0v) is 12.1. The minimum Gasteiger partial charge on any atom is -0.390 e. The standard InChI is InChI=1S/C14H17N7O/c15-5-13-14(18-2-1-17-13)21-4-3-20(8-12(22)9-21)7-11-6-16-10-19-11/h1-2,6,10,12,22H,3-4,7-9H2,(H,16,19). The van der Waals surface area contributed by atoms with Gasteiger partial charge in [-0.15, -0.1) is 0 Å². The van der Waals surface area contributed by atoms with Crippen molar-refractivity contribution in [2.24, 2.45) is 0 Å². The van der Waals surface area contributed by atoms with Crippen LogP contribution in [0.4, 0.5) is 5.82 Å². The van der Waals surface area contributed by atoms with Gasteiger partial charge < -0.3 is 15.0 Å². The predicted molar refractivity (Wildman–Crippen MR) is 78.8 cm³/mol. The molecule has 1 unspecified atom stereocenters. The Hall–Kier alpha value is -2.50. The summed E-state index contributed by atoms with van der Waals surface area (Å²) >= 11 is 0. The van der Waals surface area contributed by atoms with E-state index >= 15 is 0 Å². The second-order valence-electron chi connectivity index (χ2n) is 5.25. The van der Waals surface area contributed by atoms with Gasteiger partial charge in [0.25, 0.3) is 0 Å². The first-order valence-electron chi connectivity index (χ1n) is 7.10. The number of nitrogens with one attached hydrogen (secondary N) is 1. The van der Waals surface area contributed by atoms with Crippen LogP contribution in [0, 0.1) is 11.3 Å². The van der Waals surface area contributed by atoms with Gasteiger partial charge in [-0.05, 0) is 0 Å². The maximum atomic E-state index is 10.2. The number of nitrogens with zero attached hydrogens (tertiary/aromatic N) is 6. The Bertz CT molecular complexity index is 651. The largest absolute Gasteiger partial charge is 0.390 e. The van der Waals surface area contributed by atoms with Gasteiger partial charge in [-0.25, -0.2) is 15.0 Å². The van der Waals surface area contributed by atoms with Crippen LogP contribution in [0.1, 0.15) is 11.4 Å². The van der Waals surface area contributed by atoms with Gasteiger partial charge in [0.2, 0.25) is 0 Å². The molecular weight excluding hydrogens is 282 g/mol. The summed E-state index contributed by atoms with van der Waals surface area (Å²) in [4.78, 5) is 19.4. The van der Waals surface area contributed by atoms with E-state index in [-0.39, 0.29) is 5.69 Å². The number of H-pyrrole nitrogens is 1. The summed E-state index contributed by atoms with van der Waals surface area (Å²) in [6.07, 6.45) is 5.98. The molecule has 0 aromatic carbocycles. The molecule has 1 aliphatic heterocycles. The first-order valence-corrected chi connectivity index (χ1v) is 7.10. The van der Waals surface area contributed by atoms with Crippen molar-refractivity contribution >= 4 is 5.82 Å². The van der Waals surface area contributed by atoms with E-state index in [2.05, 4.69) is 30.9 Å². The number of anilines is 1. The number of hydrogen-bond acceptors (Lipinski definition) is 7. The average Bonchev–Trinajstić information content (AvgIpc) is 2.96. The molecule has 0 saturated carbocycles. The Morgan fingerprint density at radius 2 is 2.18 bits per heavy atom. The smallest absolute Gasteiger partial charge is 0.183 e. The van der Waals surface area contributed by atoms with Crippen molar-refractivity contribution in [3.8, 4) is 6.07 Å². The van der Waals surface area contributed by atoms with Gasteiger partial charge >= 0.3 is 0 Å². The molecule has 3 rings (SSSR count). The molecule has 0 amide bonds. The van der Waals surface area contributed by atoms with Crippen LogP contribution >= 0.6 is 0 Å². The summed E-state index contributed by atoms with van der Waals surface area (Å²) in [6, 6.07) is 2.05. The Morgan fingerprint density at radius 1 is 1.32 bits per heavy atom. The molecule has 3 heterocycles. The fraction of sp³-hybridized carbons (Fsp3) is 0.429. The lowest BCUT2D eigenvalue weighted by Crippen LogP contribution is -2.34. The Morgan fingerprint density at radius 3 is 2.95 bits per heavy atom. The first-order chi connectivity index (χ1) is 10.8. The minimum atomic E-state index is -0.515. The number of aromatic amines is 1. The molecule has 1 fully saturated rings. The van der Waals surface area contributed by atoms with Gasteiger partial charge in [0.1, 0.15) is 6.07 Å². The van der Waals surface area contributed by atoms with Crippen LogP contribution in [0.2, 0.25) is 0 Å². The summed E-state index contributed by atoms with van der Waals surface area (Å²) in [5, 5.41) is 19.4. The van der Waals surface area contributed by atoms with Gasteiger partial charge in [0, 0.05) is 57.0 Å². The van der Waals surface area contributed by atoms with Crippen molar-refractivity contribution < 1.29 is 5.11 Å². The van der Waals surface area contributed by atoms with Crippen molar-refractivity contribution in [1.82, 2.24) is 24.8 Å². The Kier molecular flexibility index (Phi) is 4.27. The van der Waals surface area contributed by atoms with Crippen molar-refractivity contribution in [2.75, 3.05) is 31.1 Å². The second kappa shape index (κ2) is 6.51. The molecule has 8 heteroatoms. The van der Waals surface area contributed by atoms with E-state index in [9.17, 15) is 5.11 Å². The van der Waals surface area contributed by atoms with Crippen LogP contribution in [0.5, 0.6) is 0 Å². The van der Waals surface area contributed by atoms with E-state index in [0.717, 1.165) is 12.2 Å². The minimum absolute atomic E-state index is 0.289. The van der Waals surface area contributed by atoms with Crippen molar-refractivity contribution in [1.29, 1.82) is 5.26 Å². The van der Waals surface area contributed by atoms with Gasteiger partial charge in [0.05, 0.1) is 12.4 Å². The fourth-order valence-electron chi connectivity index (χ4n) is 2.64. The van der Waals surface area contributed by atoms with E-state index in [1.54, 1.807) is 18.7 Å². The molecule has 2 aromatic heterocycles. The van der Waals surface area contributed by atoms with Crippen LogP contribution in [0.25, 0.3) is 0 Å². The zero-order chi connectivity index (χ0) is 15.4. The normalized spacial score (nSPS) is 19.6. The van der Waals surface area contributed by atoms with Crippen LogP contribution < -0.4 is 4.90 Å². The van der Waals surface area contributed by atoms with Crippen LogP contribution in [-0.4, -0.2) is 62.2 Å². The lowest BCUT2D eigenvalue weighted by atomic mass is 10.3. The lowest BCUT2D eigenvalue weighted by Gasteiger charge is -2.22. The number of hydrogen-bond donors (Lipinski definition) is 2. The molecule has 0 spiro atoms. The molecule has 0 radical (unpaired) electrons. The van der Waals surface area contributed by atoms with Crippen LogP contribution in [0.15, 0.2) is 24.9 Å². The number of aliphatic hydroxyl groups excluding tert-OH is 1. The molecule has 1 aliphatic rings. The average molecular weight is 299 g/mol. The van der Waals surface area contributed by atoms with Gasteiger partial charge in [-0.2, -0.15) is 5.26 Å². The van der Waals surface area contributed by atoms with Gasteiger partial charge in [-0.3, -0.25) is 4.90 Å². The summed E-state index contributed by atoms with van der Waals surface area (Å²) in [5.74, 6) is 0.535. The number of rotatable bonds is 3. The van der Waals surface area contributed by atoms with E-state index in [4.69, 9.17) is 5.26 Å². The topological polar surface area (TPSA) is 105 Å². The molecule has 114 valence electrons.